The van der Waals surface area contributed by atoms with Crippen LogP contribution in [0, 0.1) is 10.1 Å². The van der Waals surface area contributed by atoms with Gasteiger partial charge in [0.15, 0.2) is 0 Å². The van der Waals surface area contributed by atoms with Crippen molar-refractivity contribution in [1.29, 1.82) is 0 Å². The van der Waals surface area contributed by atoms with Crippen molar-refractivity contribution in [3.63, 3.8) is 0 Å². The van der Waals surface area contributed by atoms with Gasteiger partial charge in [0.1, 0.15) is 12.4 Å². The zero-order valence-electron chi connectivity index (χ0n) is 10.9. The minimum Gasteiger partial charge on any atom is -0.490 e. The van der Waals surface area contributed by atoms with Crippen LogP contribution in [-0.2, 0) is 6.54 Å². The summed E-state index contributed by atoms with van der Waals surface area (Å²) < 4.78 is 5.59. The Morgan fingerprint density at radius 2 is 1.90 bits per heavy atom. The molecule has 1 aliphatic heterocycles. The Morgan fingerprint density at radius 3 is 2.75 bits per heavy atom. The molecule has 5 heteroatoms. The normalized spacial score (nSPS) is 13.5. The Hall–Kier alpha value is -2.56. The summed E-state index contributed by atoms with van der Waals surface area (Å²) in [6.45, 7) is 1.83. The lowest BCUT2D eigenvalue weighted by Gasteiger charge is -2.31. The average Bonchev–Trinajstić information content (AvgIpc) is 2.48. The first-order valence-corrected chi connectivity index (χ1v) is 6.45. The standard InChI is InChI=1S/C15H14N2O3/c18-17(19)13-6-2-1-5-12(13)11-16-9-10-20-15-8-4-3-7-14(15)16/h1-8H,9-11H2. The van der Waals surface area contributed by atoms with Gasteiger partial charge in [0.2, 0.25) is 0 Å². The third-order valence-corrected chi connectivity index (χ3v) is 3.37. The van der Waals surface area contributed by atoms with Crippen LogP contribution >= 0.6 is 0 Å². The maximum absolute atomic E-state index is 11.1. The molecular formula is C15H14N2O3. The van der Waals surface area contributed by atoms with Crippen molar-refractivity contribution in [2.75, 3.05) is 18.1 Å². The van der Waals surface area contributed by atoms with Crippen molar-refractivity contribution in [2.45, 2.75) is 6.54 Å². The van der Waals surface area contributed by atoms with Crippen LogP contribution in [0.2, 0.25) is 0 Å². The van der Waals surface area contributed by atoms with Crippen LogP contribution in [0.3, 0.4) is 0 Å². The zero-order chi connectivity index (χ0) is 13.9. The van der Waals surface area contributed by atoms with Crippen LogP contribution < -0.4 is 9.64 Å². The highest BCUT2D eigenvalue weighted by Gasteiger charge is 2.21. The summed E-state index contributed by atoms with van der Waals surface area (Å²) in [5.41, 5.74) is 1.86. The highest BCUT2D eigenvalue weighted by molar-refractivity contribution is 5.60. The number of benzene rings is 2. The van der Waals surface area contributed by atoms with E-state index in [2.05, 4.69) is 4.90 Å². The second-order valence-corrected chi connectivity index (χ2v) is 4.62. The van der Waals surface area contributed by atoms with Gasteiger partial charge in [0.25, 0.3) is 5.69 Å². The second-order valence-electron chi connectivity index (χ2n) is 4.62. The van der Waals surface area contributed by atoms with Crippen LogP contribution in [-0.4, -0.2) is 18.1 Å². The van der Waals surface area contributed by atoms with Gasteiger partial charge < -0.3 is 9.64 Å². The number of ether oxygens (including phenoxy) is 1. The molecule has 1 aliphatic rings. The summed E-state index contributed by atoms with van der Waals surface area (Å²) in [7, 11) is 0. The predicted octanol–water partition coefficient (Wildman–Crippen LogP) is 2.99. The van der Waals surface area contributed by atoms with E-state index in [9.17, 15) is 10.1 Å². The van der Waals surface area contributed by atoms with Gasteiger partial charge in [-0.05, 0) is 12.1 Å². The molecule has 2 aromatic rings. The molecule has 0 spiro atoms. The number of hydrogen-bond acceptors (Lipinski definition) is 4. The molecule has 0 saturated heterocycles. The number of nitro groups is 1. The first kappa shape index (κ1) is 12.5. The lowest BCUT2D eigenvalue weighted by Crippen LogP contribution is -2.32. The van der Waals surface area contributed by atoms with Gasteiger partial charge in [-0.25, -0.2) is 0 Å². The molecule has 0 aromatic heterocycles. The first-order chi connectivity index (χ1) is 9.75. The van der Waals surface area contributed by atoms with E-state index in [1.807, 2.05) is 30.3 Å². The summed E-state index contributed by atoms with van der Waals surface area (Å²) in [6.07, 6.45) is 0. The van der Waals surface area contributed by atoms with Gasteiger partial charge in [-0.2, -0.15) is 0 Å². The molecule has 5 nitrogen and oxygen atoms in total. The maximum atomic E-state index is 11.1. The fraction of sp³-hybridized carbons (Fsp3) is 0.200. The molecule has 0 radical (unpaired) electrons. The molecule has 0 unspecified atom stereocenters. The Labute approximate surface area is 116 Å². The number of para-hydroxylation sites is 3. The summed E-state index contributed by atoms with van der Waals surface area (Å²) in [5, 5.41) is 11.1. The third kappa shape index (κ3) is 2.30. The van der Waals surface area contributed by atoms with Crippen molar-refractivity contribution in [1.82, 2.24) is 0 Å². The van der Waals surface area contributed by atoms with E-state index in [4.69, 9.17) is 4.74 Å². The van der Waals surface area contributed by atoms with E-state index in [-0.39, 0.29) is 10.6 Å². The van der Waals surface area contributed by atoms with Crippen molar-refractivity contribution < 1.29 is 9.66 Å². The van der Waals surface area contributed by atoms with E-state index < -0.39 is 0 Å². The minimum absolute atomic E-state index is 0.163. The minimum atomic E-state index is -0.332. The Balaban J connectivity index is 1.92. The molecule has 20 heavy (non-hydrogen) atoms. The summed E-state index contributed by atoms with van der Waals surface area (Å²) in [6, 6.07) is 14.6. The van der Waals surface area contributed by atoms with Gasteiger partial charge in [-0.3, -0.25) is 10.1 Å². The summed E-state index contributed by atoms with van der Waals surface area (Å²) in [5.74, 6) is 0.831. The van der Waals surface area contributed by atoms with Crippen molar-refractivity contribution >= 4 is 11.4 Å². The van der Waals surface area contributed by atoms with Gasteiger partial charge in [0.05, 0.1) is 17.2 Å². The highest BCUT2D eigenvalue weighted by Crippen LogP contribution is 2.33. The molecule has 102 valence electrons. The Bertz CT molecular complexity index is 643. The van der Waals surface area contributed by atoms with E-state index in [0.717, 1.165) is 18.0 Å². The smallest absolute Gasteiger partial charge is 0.274 e. The van der Waals surface area contributed by atoms with E-state index in [1.54, 1.807) is 18.2 Å². The molecular weight excluding hydrogens is 256 g/mol. The molecule has 0 amide bonds. The topological polar surface area (TPSA) is 55.6 Å². The number of rotatable bonds is 3. The first-order valence-electron chi connectivity index (χ1n) is 6.45. The van der Waals surface area contributed by atoms with E-state index in [1.165, 1.54) is 0 Å². The largest absolute Gasteiger partial charge is 0.490 e. The van der Waals surface area contributed by atoms with Crippen LogP contribution in [0.1, 0.15) is 5.56 Å². The molecule has 0 fully saturated rings. The van der Waals surface area contributed by atoms with E-state index in [0.29, 0.717) is 18.7 Å². The molecule has 0 N–H and O–H groups in total. The van der Waals surface area contributed by atoms with Gasteiger partial charge >= 0.3 is 0 Å². The number of hydrogen-bond donors (Lipinski definition) is 0. The molecule has 2 aromatic carbocycles. The Kier molecular flexibility index (Phi) is 3.25. The quantitative estimate of drug-likeness (QED) is 0.635. The number of nitrogens with zero attached hydrogens (tertiary/aromatic N) is 2. The fourth-order valence-electron chi connectivity index (χ4n) is 2.42. The van der Waals surface area contributed by atoms with Gasteiger partial charge in [-0.15, -0.1) is 0 Å². The van der Waals surface area contributed by atoms with Gasteiger partial charge in [-0.1, -0.05) is 30.3 Å². The van der Waals surface area contributed by atoms with Crippen molar-refractivity contribution in [3.05, 3.63) is 64.2 Å². The second kappa shape index (κ2) is 5.21. The average molecular weight is 270 g/mol. The Morgan fingerprint density at radius 1 is 1.15 bits per heavy atom. The monoisotopic (exact) mass is 270 g/mol. The zero-order valence-corrected chi connectivity index (χ0v) is 10.9. The predicted molar refractivity (Wildman–Crippen MR) is 76.1 cm³/mol. The lowest BCUT2D eigenvalue weighted by molar-refractivity contribution is -0.385. The summed E-state index contributed by atoms with van der Waals surface area (Å²) in [4.78, 5) is 12.9. The van der Waals surface area contributed by atoms with Crippen LogP contribution in [0.25, 0.3) is 0 Å². The van der Waals surface area contributed by atoms with Crippen LogP contribution in [0.4, 0.5) is 11.4 Å². The number of anilines is 1. The lowest BCUT2D eigenvalue weighted by atomic mass is 10.1. The molecule has 0 aliphatic carbocycles. The third-order valence-electron chi connectivity index (χ3n) is 3.37. The van der Waals surface area contributed by atoms with Crippen molar-refractivity contribution in [3.8, 4) is 5.75 Å². The molecule has 0 bridgehead atoms. The molecule has 0 atom stereocenters. The number of nitro benzene ring substituents is 1. The van der Waals surface area contributed by atoms with Gasteiger partial charge in [0, 0.05) is 18.2 Å². The molecule has 0 saturated carbocycles. The molecule has 3 rings (SSSR count). The fourth-order valence-corrected chi connectivity index (χ4v) is 2.42. The molecule has 1 heterocycles. The number of fused-ring (bicyclic) bond motifs is 1. The van der Waals surface area contributed by atoms with Crippen molar-refractivity contribution in [2.24, 2.45) is 0 Å². The van der Waals surface area contributed by atoms with Crippen LogP contribution in [0.15, 0.2) is 48.5 Å². The maximum Gasteiger partial charge on any atom is 0.274 e. The SMILES string of the molecule is O=[N+]([O-])c1ccccc1CN1CCOc2ccccc21. The summed E-state index contributed by atoms with van der Waals surface area (Å²) >= 11 is 0. The highest BCUT2D eigenvalue weighted by atomic mass is 16.6. The van der Waals surface area contributed by atoms with E-state index >= 15 is 0 Å². The van der Waals surface area contributed by atoms with Crippen LogP contribution in [0.5, 0.6) is 5.75 Å².